The van der Waals surface area contributed by atoms with Gasteiger partial charge in [0.25, 0.3) is 0 Å². The number of hydrogen-bond donors (Lipinski definition) is 0. The second-order valence-electron chi connectivity index (χ2n) is 17.2. The number of ether oxygens (including phenoxy) is 3. The van der Waals surface area contributed by atoms with Gasteiger partial charge in [0, 0.05) is 19.3 Å². The molecule has 0 aromatic rings. The zero-order valence-corrected chi connectivity index (χ0v) is 37.4. The summed E-state index contributed by atoms with van der Waals surface area (Å²) in [6.45, 7) is 8.94. The Hall–Kier alpha value is -1.59. The Morgan fingerprint density at radius 3 is 0.891 bits per heavy atom. The minimum atomic E-state index is -0.759. The van der Waals surface area contributed by atoms with Crippen LogP contribution in [0.5, 0.6) is 0 Å². The van der Waals surface area contributed by atoms with Crippen LogP contribution >= 0.6 is 0 Å². The second-order valence-corrected chi connectivity index (χ2v) is 17.2. The van der Waals surface area contributed by atoms with Gasteiger partial charge in [0.2, 0.25) is 0 Å². The van der Waals surface area contributed by atoms with Crippen molar-refractivity contribution >= 4 is 17.9 Å². The van der Waals surface area contributed by atoms with Gasteiger partial charge in [0.1, 0.15) is 13.2 Å². The SMILES string of the molecule is CCCCCCCCCCCCCCCCCCCCCC(=O)OC[C@@H](COC(=O)CCCCCCCCC)OC(=O)CCCCCCCCCCC(C)C. The third kappa shape index (κ3) is 43.4. The number of carbonyl (C=O) groups excluding carboxylic acids is 3. The minimum absolute atomic E-state index is 0.0643. The summed E-state index contributed by atoms with van der Waals surface area (Å²) in [4.78, 5) is 37.6. The van der Waals surface area contributed by atoms with Crippen LogP contribution in [0.15, 0.2) is 0 Å². The number of unbranched alkanes of at least 4 members (excludes halogenated alkanes) is 31. The van der Waals surface area contributed by atoms with Crippen LogP contribution in [0.4, 0.5) is 0 Å². The van der Waals surface area contributed by atoms with Gasteiger partial charge in [0.05, 0.1) is 0 Å². The maximum absolute atomic E-state index is 12.7. The van der Waals surface area contributed by atoms with Crippen molar-refractivity contribution in [3.8, 4) is 0 Å². The van der Waals surface area contributed by atoms with E-state index >= 15 is 0 Å². The maximum Gasteiger partial charge on any atom is 0.306 e. The third-order valence-corrected chi connectivity index (χ3v) is 11.0. The first-order valence-corrected chi connectivity index (χ1v) is 24.4. The third-order valence-electron chi connectivity index (χ3n) is 11.0. The van der Waals surface area contributed by atoms with Gasteiger partial charge in [-0.05, 0) is 25.2 Å². The Morgan fingerprint density at radius 2 is 0.600 bits per heavy atom. The summed E-state index contributed by atoms with van der Waals surface area (Å²) >= 11 is 0. The van der Waals surface area contributed by atoms with Crippen molar-refractivity contribution in [2.24, 2.45) is 5.92 Å². The van der Waals surface area contributed by atoms with E-state index < -0.39 is 6.10 Å². The largest absolute Gasteiger partial charge is 0.462 e. The number of esters is 3. The van der Waals surface area contributed by atoms with E-state index in [0.717, 1.165) is 63.7 Å². The van der Waals surface area contributed by atoms with E-state index in [1.165, 1.54) is 167 Å². The molecule has 0 amide bonds. The molecule has 326 valence electrons. The lowest BCUT2D eigenvalue weighted by Gasteiger charge is -2.18. The number of rotatable bonds is 44. The molecule has 0 bridgehead atoms. The topological polar surface area (TPSA) is 78.9 Å². The van der Waals surface area contributed by atoms with E-state index in [9.17, 15) is 14.4 Å². The summed E-state index contributed by atoms with van der Waals surface area (Å²) in [7, 11) is 0. The second kappa shape index (κ2) is 43.5. The molecular formula is C49H94O6. The van der Waals surface area contributed by atoms with Gasteiger partial charge in [0.15, 0.2) is 6.10 Å². The molecule has 0 aliphatic heterocycles. The highest BCUT2D eigenvalue weighted by Gasteiger charge is 2.19. The van der Waals surface area contributed by atoms with E-state index in [1.54, 1.807) is 0 Å². The van der Waals surface area contributed by atoms with Crippen LogP contribution in [0.3, 0.4) is 0 Å². The maximum atomic E-state index is 12.7. The molecule has 0 aliphatic carbocycles. The van der Waals surface area contributed by atoms with Crippen molar-refractivity contribution in [3.63, 3.8) is 0 Å². The molecule has 0 aliphatic rings. The Balaban J connectivity index is 4.16. The van der Waals surface area contributed by atoms with Crippen LogP contribution in [-0.4, -0.2) is 37.2 Å². The van der Waals surface area contributed by atoms with Crippen molar-refractivity contribution in [1.29, 1.82) is 0 Å². The predicted molar refractivity (Wildman–Crippen MR) is 233 cm³/mol. The molecule has 6 nitrogen and oxygen atoms in total. The van der Waals surface area contributed by atoms with Crippen LogP contribution in [0, 0.1) is 5.92 Å². The van der Waals surface area contributed by atoms with E-state index in [-0.39, 0.29) is 31.1 Å². The average molecular weight is 779 g/mol. The van der Waals surface area contributed by atoms with Crippen molar-refractivity contribution in [2.75, 3.05) is 13.2 Å². The number of hydrogen-bond acceptors (Lipinski definition) is 6. The standard InChI is InChI=1S/C49H94O6/c1-5-7-9-11-13-14-15-16-17-18-19-20-21-22-23-24-29-33-37-41-48(51)54-44-46(43-53-47(50)40-36-32-27-12-10-8-6-2)55-49(52)42-38-34-30-26-25-28-31-35-39-45(3)4/h45-46H,5-44H2,1-4H3/t46-/m1/s1. The molecule has 1 atom stereocenters. The summed E-state index contributed by atoms with van der Waals surface area (Å²) < 4.78 is 16.7. The molecule has 0 spiro atoms. The Kier molecular flexibility index (Phi) is 42.3. The Labute approximate surface area is 342 Å². The van der Waals surface area contributed by atoms with Gasteiger partial charge in [-0.2, -0.15) is 0 Å². The van der Waals surface area contributed by atoms with E-state index in [2.05, 4.69) is 27.7 Å². The summed E-state index contributed by atoms with van der Waals surface area (Å²) in [5.41, 5.74) is 0. The summed E-state index contributed by atoms with van der Waals surface area (Å²) in [6.07, 6.45) is 44.0. The van der Waals surface area contributed by atoms with Crippen molar-refractivity contribution in [1.82, 2.24) is 0 Å². The molecule has 0 fully saturated rings. The highest BCUT2D eigenvalue weighted by Crippen LogP contribution is 2.17. The summed E-state index contributed by atoms with van der Waals surface area (Å²) in [5.74, 6) is -0.0657. The van der Waals surface area contributed by atoms with Gasteiger partial charge in [-0.15, -0.1) is 0 Å². The van der Waals surface area contributed by atoms with Crippen LogP contribution in [0.25, 0.3) is 0 Å². The Bertz CT molecular complexity index is 826. The molecular weight excluding hydrogens is 685 g/mol. The molecule has 55 heavy (non-hydrogen) atoms. The lowest BCUT2D eigenvalue weighted by atomic mass is 10.0. The quantitative estimate of drug-likeness (QED) is 0.0348. The fourth-order valence-electron chi connectivity index (χ4n) is 7.33. The summed E-state index contributed by atoms with van der Waals surface area (Å²) in [5, 5.41) is 0. The molecule has 6 heteroatoms. The first-order valence-electron chi connectivity index (χ1n) is 24.4. The highest BCUT2D eigenvalue weighted by atomic mass is 16.6. The van der Waals surface area contributed by atoms with Gasteiger partial charge < -0.3 is 14.2 Å². The number of carbonyl (C=O) groups is 3. The minimum Gasteiger partial charge on any atom is -0.462 e. The molecule has 0 N–H and O–H groups in total. The fraction of sp³-hybridized carbons (Fsp3) is 0.939. The smallest absolute Gasteiger partial charge is 0.306 e. The van der Waals surface area contributed by atoms with E-state index in [0.29, 0.717) is 19.3 Å². The van der Waals surface area contributed by atoms with Crippen molar-refractivity contribution in [3.05, 3.63) is 0 Å². The van der Waals surface area contributed by atoms with E-state index in [1.807, 2.05) is 0 Å². The van der Waals surface area contributed by atoms with Gasteiger partial charge in [-0.25, -0.2) is 0 Å². The molecule has 0 heterocycles. The van der Waals surface area contributed by atoms with Crippen LogP contribution in [0.1, 0.15) is 272 Å². The highest BCUT2D eigenvalue weighted by molar-refractivity contribution is 5.71. The molecule has 0 unspecified atom stereocenters. The molecule has 0 aromatic heterocycles. The zero-order chi connectivity index (χ0) is 40.3. The molecule has 0 rings (SSSR count). The van der Waals surface area contributed by atoms with Crippen molar-refractivity contribution in [2.45, 2.75) is 278 Å². The average Bonchev–Trinajstić information content (AvgIpc) is 3.17. The first kappa shape index (κ1) is 53.4. The Morgan fingerprint density at radius 1 is 0.345 bits per heavy atom. The van der Waals surface area contributed by atoms with Crippen LogP contribution in [-0.2, 0) is 28.6 Å². The fourth-order valence-corrected chi connectivity index (χ4v) is 7.33. The van der Waals surface area contributed by atoms with Crippen molar-refractivity contribution < 1.29 is 28.6 Å². The lowest BCUT2D eigenvalue weighted by Crippen LogP contribution is -2.30. The van der Waals surface area contributed by atoms with Gasteiger partial charge in [-0.1, -0.05) is 233 Å². The van der Waals surface area contributed by atoms with Crippen LogP contribution < -0.4 is 0 Å². The lowest BCUT2D eigenvalue weighted by molar-refractivity contribution is -0.167. The zero-order valence-electron chi connectivity index (χ0n) is 37.4. The van der Waals surface area contributed by atoms with Crippen LogP contribution in [0.2, 0.25) is 0 Å². The predicted octanol–water partition coefficient (Wildman–Crippen LogP) is 15.5. The molecule has 0 saturated heterocycles. The van der Waals surface area contributed by atoms with E-state index in [4.69, 9.17) is 14.2 Å². The molecule has 0 aromatic carbocycles. The first-order chi connectivity index (χ1) is 26.9. The summed E-state index contributed by atoms with van der Waals surface area (Å²) in [6, 6.07) is 0. The van der Waals surface area contributed by atoms with Gasteiger partial charge >= 0.3 is 17.9 Å². The van der Waals surface area contributed by atoms with Gasteiger partial charge in [-0.3, -0.25) is 14.4 Å². The molecule has 0 radical (unpaired) electrons. The normalized spacial score (nSPS) is 11.9. The monoisotopic (exact) mass is 779 g/mol. The molecule has 0 saturated carbocycles.